The van der Waals surface area contributed by atoms with E-state index in [-0.39, 0.29) is 0 Å². The summed E-state index contributed by atoms with van der Waals surface area (Å²) in [5.74, 6) is 0. The van der Waals surface area contributed by atoms with Crippen LogP contribution in [0.2, 0.25) is 0 Å². The van der Waals surface area contributed by atoms with Gasteiger partial charge in [0.25, 0.3) is 0 Å². The molecule has 4 nitrogen and oxygen atoms in total. The zero-order valence-electron chi connectivity index (χ0n) is 39.7. The highest BCUT2D eigenvalue weighted by atomic mass is 15.0. The molecule has 340 valence electrons. The number of nitrogens with zero attached hydrogens (tertiary/aromatic N) is 4. The molecule has 15 rings (SSSR count). The minimum Gasteiger partial charge on any atom is -0.309 e. The topological polar surface area (TPSA) is 27.7 Å². The second kappa shape index (κ2) is 16.4. The lowest BCUT2D eigenvalue weighted by molar-refractivity contribution is 1.18. The smallest absolute Gasteiger partial charge is 0.0794 e. The molecule has 0 aliphatic carbocycles. The van der Waals surface area contributed by atoms with Gasteiger partial charge >= 0.3 is 0 Å². The Morgan fingerprint density at radius 3 is 1.03 bits per heavy atom. The van der Waals surface area contributed by atoms with E-state index in [2.05, 4.69) is 281 Å². The molecule has 0 fully saturated rings. The van der Waals surface area contributed by atoms with E-state index in [4.69, 9.17) is 4.98 Å². The van der Waals surface area contributed by atoms with Crippen LogP contribution >= 0.6 is 0 Å². The van der Waals surface area contributed by atoms with Crippen molar-refractivity contribution in [1.82, 2.24) is 18.7 Å². The first-order valence-electron chi connectivity index (χ1n) is 25.0. The van der Waals surface area contributed by atoms with E-state index in [1.807, 2.05) is 0 Å². The normalized spacial score (nSPS) is 11.8. The first-order valence-corrected chi connectivity index (χ1v) is 25.0. The summed E-state index contributed by atoms with van der Waals surface area (Å²) in [5.41, 5.74) is 20.0. The van der Waals surface area contributed by atoms with Crippen LogP contribution in [0.4, 0.5) is 0 Å². The fourth-order valence-corrected chi connectivity index (χ4v) is 11.8. The average Bonchev–Trinajstić information content (AvgIpc) is 4.11. The molecular weight excluding hydrogens is 885 g/mol. The van der Waals surface area contributed by atoms with E-state index < -0.39 is 0 Å². The highest BCUT2D eigenvalue weighted by Crippen LogP contribution is 2.43. The monoisotopic (exact) mass is 928 g/mol. The number of benzene rings is 11. The van der Waals surface area contributed by atoms with Gasteiger partial charge in [0.05, 0.1) is 44.3 Å². The minimum atomic E-state index is 0.912. The SMILES string of the molecule is c1ccc(-c2cc(-c3cccc(-n4c5ccccc5c5ccccc54)c3)nc3c(-c4cccc(-n5c6ccccc6c6ccccc65)c4)cc(-c4cccc(-n5c6ccccc6c6ccccc65)c4)cc23)cc1. The molecule has 0 bridgehead atoms. The maximum atomic E-state index is 5.79. The highest BCUT2D eigenvalue weighted by molar-refractivity contribution is 6.12. The van der Waals surface area contributed by atoms with Gasteiger partial charge in [-0.1, -0.05) is 176 Å². The van der Waals surface area contributed by atoms with E-state index in [1.165, 1.54) is 65.4 Å². The molecule has 0 aliphatic rings. The molecule has 73 heavy (non-hydrogen) atoms. The molecule has 11 aromatic carbocycles. The summed E-state index contributed by atoms with van der Waals surface area (Å²) in [6.45, 7) is 0. The third-order valence-corrected chi connectivity index (χ3v) is 15.0. The van der Waals surface area contributed by atoms with Crippen LogP contribution in [0.25, 0.3) is 138 Å². The standard InChI is InChI=1S/C69H44N4/c1-2-19-45(20-3-1)59-44-62(48-23-18-26-52(41-48)73-67-37-14-8-31-57(67)58-32-9-15-38-68(58)73)70-69-60(47-22-17-25-51(40-47)72-65-35-12-6-29-55(65)56-30-7-13-36-66(56)72)42-49(43-61(59)69)46-21-16-24-50(39-46)71-63-33-10-4-27-53(63)54-28-5-11-34-64(54)71/h1-44H. The Morgan fingerprint density at radius 2 is 0.575 bits per heavy atom. The number of fused-ring (bicyclic) bond motifs is 10. The maximum Gasteiger partial charge on any atom is 0.0794 e. The van der Waals surface area contributed by atoms with Crippen molar-refractivity contribution in [3.05, 3.63) is 267 Å². The molecule has 0 aliphatic heterocycles. The summed E-state index contributed by atoms with van der Waals surface area (Å²) in [6, 6.07) is 97.2. The molecule has 0 spiro atoms. The number of para-hydroxylation sites is 6. The Balaban J connectivity index is 0.989. The van der Waals surface area contributed by atoms with Gasteiger partial charge < -0.3 is 13.7 Å². The second-order valence-corrected chi connectivity index (χ2v) is 19.1. The van der Waals surface area contributed by atoms with Gasteiger partial charge in [0, 0.05) is 65.9 Å². The number of hydrogen-bond acceptors (Lipinski definition) is 1. The summed E-state index contributed by atoms with van der Waals surface area (Å²) in [5, 5.41) is 8.53. The zero-order valence-corrected chi connectivity index (χ0v) is 39.7. The van der Waals surface area contributed by atoms with Gasteiger partial charge in [0.1, 0.15) is 0 Å². The van der Waals surface area contributed by atoms with E-state index in [0.29, 0.717) is 0 Å². The molecule has 0 saturated carbocycles. The summed E-state index contributed by atoms with van der Waals surface area (Å²) < 4.78 is 7.20. The Hall–Kier alpha value is -9.77. The number of aromatic nitrogens is 4. The van der Waals surface area contributed by atoms with Crippen molar-refractivity contribution < 1.29 is 0 Å². The van der Waals surface area contributed by atoms with Crippen molar-refractivity contribution in [1.29, 1.82) is 0 Å². The maximum absolute atomic E-state index is 5.79. The zero-order chi connectivity index (χ0) is 48.0. The number of rotatable bonds is 7. The van der Waals surface area contributed by atoms with Crippen LogP contribution in [0.1, 0.15) is 0 Å². The Morgan fingerprint density at radius 1 is 0.219 bits per heavy atom. The molecule has 0 atom stereocenters. The molecule has 0 unspecified atom stereocenters. The van der Waals surface area contributed by atoms with Crippen LogP contribution in [0.3, 0.4) is 0 Å². The molecule has 0 amide bonds. The average molecular weight is 929 g/mol. The largest absolute Gasteiger partial charge is 0.309 e. The van der Waals surface area contributed by atoms with Gasteiger partial charge in [-0.25, -0.2) is 4.98 Å². The fraction of sp³-hybridized carbons (Fsp3) is 0. The van der Waals surface area contributed by atoms with E-state index >= 15 is 0 Å². The van der Waals surface area contributed by atoms with Crippen molar-refractivity contribution in [2.75, 3.05) is 0 Å². The lowest BCUT2D eigenvalue weighted by Crippen LogP contribution is -1.98. The lowest BCUT2D eigenvalue weighted by Gasteiger charge is -2.18. The Labute approximate surface area is 421 Å². The van der Waals surface area contributed by atoms with Crippen LogP contribution < -0.4 is 0 Å². The van der Waals surface area contributed by atoms with Gasteiger partial charge in [0.15, 0.2) is 0 Å². The van der Waals surface area contributed by atoms with Gasteiger partial charge in [-0.3, -0.25) is 0 Å². The number of hydrogen-bond donors (Lipinski definition) is 0. The summed E-state index contributed by atoms with van der Waals surface area (Å²) in [7, 11) is 0. The van der Waals surface area contributed by atoms with E-state index in [9.17, 15) is 0 Å². The third-order valence-electron chi connectivity index (χ3n) is 15.0. The van der Waals surface area contributed by atoms with Crippen molar-refractivity contribution in [3.63, 3.8) is 0 Å². The van der Waals surface area contributed by atoms with Crippen molar-refractivity contribution in [2.24, 2.45) is 0 Å². The summed E-state index contributed by atoms with van der Waals surface area (Å²) in [4.78, 5) is 5.79. The van der Waals surface area contributed by atoms with Gasteiger partial charge in [-0.15, -0.1) is 0 Å². The third kappa shape index (κ3) is 6.51. The Kier molecular flexibility index (Phi) is 9.23. The highest BCUT2D eigenvalue weighted by Gasteiger charge is 2.20. The summed E-state index contributed by atoms with van der Waals surface area (Å²) >= 11 is 0. The van der Waals surface area contributed by atoms with Crippen LogP contribution in [0, 0.1) is 0 Å². The van der Waals surface area contributed by atoms with Crippen LogP contribution in [-0.4, -0.2) is 18.7 Å². The van der Waals surface area contributed by atoms with Crippen molar-refractivity contribution >= 4 is 76.3 Å². The molecular formula is C69H44N4. The molecule has 0 radical (unpaired) electrons. The van der Waals surface area contributed by atoms with Crippen molar-refractivity contribution in [3.8, 4) is 61.7 Å². The van der Waals surface area contributed by atoms with Gasteiger partial charge in [-0.05, 0) is 119 Å². The van der Waals surface area contributed by atoms with Crippen molar-refractivity contribution in [2.45, 2.75) is 0 Å². The summed E-state index contributed by atoms with van der Waals surface area (Å²) in [6.07, 6.45) is 0. The van der Waals surface area contributed by atoms with Crippen LogP contribution in [0.5, 0.6) is 0 Å². The van der Waals surface area contributed by atoms with Gasteiger partial charge in [-0.2, -0.15) is 0 Å². The van der Waals surface area contributed by atoms with E-state index in [0.717, 1.165) is 72.6 Å². The molecule has 15 aromatic rings. The van der Waals surface area contributed by atoms with Crippen LogP contribution in [-0.2, 0) is 0 Å². The molecule has 0 saturated heterocycles. The van der Waals surface area contributed by atoms with E-state index in [1.54, 1.807) is 0 Å². The fourth-order valence-electron chi connectivity index (χ4n) is 11.8. The quantitative estimate of drug-likeness (QED) is 0.156. The molecule has 4 heteroatoms. The first-order chi connectivity index (χ1) is 36.2. The minimum absolute atomic E-state index is 0.912. The molecule has 0 N–H and O–H groups in total. The lowest BCUT2D eigenvalue weighted by atomic mass is 9.90. The second-order valence-electron chi connectivity index (χ2n) is 19.1. The molecule has 4 heterocycles. The predicted octanol–water partition coefficient (Wildman–Crippen LogP) is 18.2. The molecule has 4 aromatic heterocycles. The number of pyridine rings is 1. The van der Waals surface area contributed by atoms with Gasteiger partial charge in [0.2, 0.25) is 0 Å². The Bertz CT molecular complexity index is 4520. The first kappa shape index (κ1) is 41.1. The predicted molar refractivity (Wildman–Crippen MR) is 307 cm³/mol. The van der Waals surface area contributed by atoms with Crippen LogP contribution in [0.15, 0.2) is 267 Å².